The Kier molecular flexibility index (Phi) is 4.59. The highest BCUT2D eigenvalue weighted by molar-refractivity contribution is 5.94. The van der Waals surface area contributed by atoms with Gasteiger partial charge in [0.25, 0.3) is 0 Å². The van der Waals surface area contributed by atoms with E-state index in [9.17, 15) is 24.9 Å². The molecule has 1 heterocycles. The molecule has 1 aromatic carbocycles. The minimum atomic E-state index is -0.612. The van der Waals surface area contributed by atoms with E-state index in [4.69, 9.17) is 4.42 Å². The van der Waals surface area contributed by atoms with Crippen molar-refractivity contribution in [3.05, 3.63) is 40.1 Å². The summed E-state index contributed by atoms with van der Waals surface area (Å²) in [6, 6.07) is 5.69. The Hall–Kier alpha value is -3.02. The maximum absolute atomic E-state index is 12.6. The molecule has 1 aromatic rings. The smallest absolute Gasteiger partial charge is 0.224 e. The lowest BCUT2D eigenvalue weighted by Crippen LogP contribution is -2.23. The van der Waals surface area contributed by atoms with E-state index in [1.807, 2.05) is 20.8 Å². The molecule has 2 aliphatic rings. The van der Waals surface area contributed by atoms with Gasteiger partial charge in [-0.2, -0.15) is 0 Å². The molecule has 0 unspecified atom stereocenters. The number of phenolic OH excluding ortho intramolecular Hbond substituents is 3. The van der Waals surface area contributed by atoms with Gasteiger partial charge in [0.15, 0.2) is 17.1 Å². The Morgan fingerprint density at radius 3 is 2.44 bits per heavy atom. The highest BCUT2D eigenvalue weighted by Crippen LogP contribution is 2.43. The van der Waals surface area contributed by atoms with Crippen LogP contribution in [0.15, 0.2) is 33.5 Å². The van der Waals surface area contributed by atoms with Crippen LogP contribution in [-0.2, 0) is 11.2 Å². The van der Waals surface area contributed by atoms with Crippen LogP contribution < -0.4 is 5.43 Å². The van der Waals surface area contributed by atoms with Crippen molar-refractivity contribution >= 4 is 16.8 Å². The first-order valence-corrected chi connectivity index (χ1v) is 8.83. The fourth-order valence-corrected chi connectivity index (χ4v) is 3.09. The van der Waals surface area contributed by atoms with Crippen molar-refractivity contribution < 1.29 is 24.5 Å². The molecular weight excluding hydrogens is 348 g/mol. The zero-order chi connectivity index (χ0) is 19.9. The molecule has 0 spiro atoms. The van der Waals surface area contributed by atoms with Crippen LogP contribution in [-0.4, -0.2) is 21.1 Å². The van der Waals surface area contributed by atoms with Gasteiger partial charge in [0.1, 0.15) is 5.78 Å². The Morgan fingerprint density at radius 2 is 1.78 bits per heavy atom. The van der Waals surface area contributed by atoms with Gasteiger partial charge < -0.3 is 19.7 Å². The lowest BCUT2D eigenvalue weighted by molar-refractivity contribution is -0.127. The van der Waals surface area contributed by atoms with Gasteiger partial charge in [0.2, 0.25) is 16.9 Å². The van der Waals surface area contributed by atoms with Crippen LogP contribution in [0.4, 0.5) is 0 Å². The largest absolute Gasteiger partial charge is 0.504 e. The molecule has 6 nitrogen and oxygen atoms in total. The van der Waals surface area contributed by atoms with Crippen LogP contribution >= 0.6 is 0 Å². The summed E-state index contributed by atoms with van der Waals surface area (Å²) in [5, 5.41) is 30.6. The van der Waals surface area contributed by atoms with Crippen LogP contribution in [0.5, 0.6) is 17.2 Å². The SMILES string of the molecule is CCC(C)(C)C(=O)CCc1c2ccc(=O)c(O)c-2oc2c(O)c(O)ccc12. The average molecular weight is 370 g/mol. The second kappa shape index (κ2) is 6.61. The minimum absolute atomic E-state index is 0.0411. The number of rotatable bonds is 5. The first-order chi connectivity index (χ1) is 12.7. The van der Waals surface area contributed by atoms with Gasteiger partial charge in [-0.25, -0.2) is 0 Å². The van der Waals surface area contributed by atoms with E-state index in [1.165, 1.54) is 18.2 Å². The summed E-state index contributed by atoms with van der Waals surface area (Å²) < 4.78 is 5.56. The zero-order valence-electron chi connectivity index (χ0n) is 15.5. The van der Waals surface area contributed by atoms with Gasteiger partial charge in [-0.1, -0.05) is 20.8 Å². The van der Waals surface area contributed by atoms with Crippen molar-refractivity contribution in [3.63, 3.8) is 0 Å². The van der Waals surface area contributed by atoms with Gasteiger partial charge in [0, 0.05) is 22.8 Å². The van der Waals surface area contributed by atoms with E-state index in [0.29, 0.717) is 29.4 Å². The van der Waals surface area contributed by atoms with Gasteiger partial charge >= 0.3 is 0 Å². The molecular formula is C21H22O6. The molecule has 27 heavy (non-hydrogen) atoms. The topological polar surface area (TPSA) is 108 Å². The number of benzene rings is 2. The number of aromatic hydroxyl groups is 3. The number of Topliss-reactive ketones (excluding diaryl/α,β-unsaturated/α-hetero) is 1. The molecule has 0 fully saturated rings. The third-order valence-corrected chi connectivity index (χ3v) is 5.30. The number of hydrogen-bond donors (Lipinski definition) is 3. The van der Waals surface area contributed by atoms with Crippen molar-refractivity contribution in [2.24, 2.45) is 5.41 Å². The lowest BCUT2D eigenvalue weighted by atomic mass is 9.82. The fourth-order valence-electron chi connectivity index (χ4n) is 3.09. The highest BCUT2D eigenvalue weighted by Gasteiger charge is 2.27. The van der Waals surface area contributed by atoms with E-state index in [2.05, 4.69) is 0 Å². The fraction of sp³-hybridized carbons (Fsp3) is 0.333. The Balaban J connectivity index is 2.22. The Morgan fingerprint density at radius 1 is 1.07 bits per heavy atom. The molecule has 3 rings (SSSR count). The van der Waals surface area contributed by atoms with E-state index >= 15 is 0 Å². The van der Waals surface area contributed by atoms with Crippen LogP contribution in [0.25, 0.3) is 22.3 Å². The van der Waals surface area contributed by atoms with Crippen molar-refractivity contribution in [3.8, 4) is 28.6 Å². The summed E-state index contributed by atoms with van der Waals surface area (Å²) >= 11 is 0. The summed E-state index contributed by atoms with van der Waals surface area (Å²) in [6.45, 7) is 5.75. The number of ketones is 1. The maximum atomic E-state index is 12.6. The molecule has 0 bridgehead atoms. The number of carbonyl (C=O) groups excluding carboxylic acids is 1. The van der Waals surface area contributed by atoms with Crippen molar-refractivity contribution in [1.29, 1.82) is 0 Å². The summed E-state index contributed by atoms with van der Waals surface area (Å²) in [5.41, 5.74) is 0.0547. The first-order valence-electron chi connectivity index (χ1n) is 8.83. The standard InChI is InChI=1S/C21H22O6/c1-4-21(2,3)16(24)10-7-11-12-5-8-14(22)17(25)19(12)27-20-13(11)6-9-15(23)18(20)26/h5-6,8-9,22,25-26H,4,7,10H2,1-3H3. The van der Waals surface area contributed by atoms with Crippen LogP contribution in [0.3, 0.4) is 0 Å². The predicted molar refractivity (Wildman–Crippen MR) is 102 cm³/mol. The van der Waals surface area contributed by atoms with Gasteiger partial charge in [-0.15, -0.1) is 0 Å². The minimum Gasteiger partial charge on any atom is -0.504 e. The number of fused-ring (bicyclic) bond motifs is 2. The number of phenols is 3. The van der Waals surface area contributed by atoms with E-state index < -0.39 is 22.3 Å². The summed E-state index contributed by atoms with van der Waals surface area (Å²) in [4.78, 5) is 24.4. The van der Waals surface area contributed by atoms with Crippen LogP contribution in [0, 0.1) is 5.41 Å². The van der Waals surface area contributed by atoms with Crippen LogP contribution in [0.2, 0.25) is 0 Å². The summed E-state index contributed by atoms with van der Waals surface area (Å²) in [7, 11) is 0. The number of aryl methyl sites for hydroxylation is 1. The molecule has 0 radical (unpaired) electrons. The number of hydrogen-bond acceptors (Lipinski definition) is 6. The monoisotopic (exact) mass is 370 g/mol. The molecule has 0 amide bonds. The molecule has 1 aliphatic heterocycles. The molecule has 142 valence electrons. The van der Waals surface area contributed by atoms with Gasteiger partial charge in [0.05, 0.1) is 0 Å². The predicted octanol–water partition coefficient (Wildman–Crippen LogP) is 3.95. The van der Waals surface area contributed by atoms with Crippen molar-refractivity contribution in [2.45, 2.75) is 40.0 Å². The summed E-state index contributed by atoms with van der Waals surface area (Å²) in [6.07, 6.45) is 1.32. The molecule has 3 N–H and O–H groups in total. The second-order valence-corrected chi connectivity index (χ2v) is 7.34. The molecule has 0 aromatic heterocycles. The third kappa shape index (κ3) is 3.12. The first kappa shape index (κ1) is 18.8. The van der Waals surface area contributed by atoms with Crippen molar-refractivity contribution in [1.82, 2.24) is 0 Å². The maximum Gasteiger partial charge on any atom is 0.224 e. The normalized spacial score (nSPS) is 12.0. The third-order valence-electron chi connectivity index (χ3n) is 5.30. The molecule has 0 saturated heterocycles. The molecule has 6 heteroatoms. The van der Waals surface area contributed by atoms with Gasteiger partial charge in [-0.3, -0.25) is 9.59 Å². The van der Waals surface area contributed by atoms with E-state index in [1.54, 1.807) is 6.07 Å². The molecule has 1 aliphatic carbocycles. The second-order valence-electron chi connectivity index (χ2n) is 7.34. The average Bonchev–Trinajstić information content (AvgIpc) is 2.65. The number of carbonyl (C=O) groups is 1. The van der Waals surface area contributed by atoms with Crippen molar-refractivity contribution in [2.75, 3.05) is 0 Å². The molecule has 0 saturated carbocycles. The molecule has 0 atom stereocenters. The van der Waals surface area contributed by atoms with E-state index in [-0.39, 0.29) is 29.3 Å². The van der Waals surface area contributed by atoms with Crippen LogP contribution in [0.1, 0.15) is 39.2 Å². The van der Waals surface area contributed by atoms with E-state index in [0.717, 1.165) is 0 Å². The van der Waals surface area contributed by atoms with Gasteiger partial charge in [-0.05, 0) is 42.7 Å². The zero-order valence-corrected chi connectivity index (χ0v) is 15.5. The quantitative estimate of drug-likeness (QED) is 0.463. The Labute approximate surface area is 156 Å². The highest BCUT2D eigenvalue weighted by atomic mass is 16.4. The lowest BCUT2D eigenvalue weighted by Gasteiger charge is -2.22. The Bertz CT molecular complexity index is 1060. The summed E-state index contributed by atoms with van der Waals surface area (Å²) in [5.74, 6) is -1.41.